The van der Waals surface area contributed by atoms with Gasteiger partial charge in [-0.05, 0) is 73.1 Å². The van der Waals surface area contributed by atoms with E-state index in [1.165, 1.54) is 11.6 Å². The summed E-state index contributed by atoms with van der Waals surface area (Å²) < 4.78 is 31.7. The second kappa shape index (κ2) is 10.7. The Morgan fingerprint density at radius 3 is 2.39 bits per heavy atom. The quantitative estimate of drug-likeness (QED) is 0.646. The normalized spacial score (nSPS) is 15.2. The van der Waals surface area contributed by atoms with Gasteiger partial charge < -0.3 is 9.64 Å². The van der Waals surface area contributed by atoms with Gasteiger partial charge >= 0.3 is 6.03 Å². The third-order valence-corrected chi connectivity index (χ3v) is 6.65. The van der Waals surface area contributed by atoms with Crippen LogP contribution in [0.15, 0.2) is 53.9 Å². The first-order valence-electron chi connectivity index (χ1n) is 10.2. The number of likely N-dealkylation sites (tertiary alicyclic amines) is 1. The summed E-state index contributed by atoms with van der Waals surface area (Å²) in [5, 5.41) is 1.57. The summed E-state index contributed by atoms with van der Waals surface area (Å²) in [6.07, 6.45) is 5.18. The number of urea groups is 1. The zero-order valence-corrected chi connectivity index (χ0v) is 19.0. The molecule has 1 heterocycles. The molecule has 1 aliphatic heterocycles. The number of carbonyl (C=O) groups is 1. The summed E-state index contributed by atoms with van der Waals surface area (Å²) in [4.78, 5) is 14.0. The summed E-state index contributed by atoms with van der Waals surface area (Å²) in [5.41, 5.74) is 1.94. The van der Waals surface area contributed by atoms with E-state index in [-0.39, 0.29) is 0 Å². The molecule has 3 rings (SSSR count). The summed E-state index contributed by atoms with van der Waals surface area (Å²) >= 11 is 5.82. The Morgan fingerprint density at radius 1 is 1.13 bits per heavy atom. The number of nitrogens with zero attached hydrogens (tertiary/aromatic N) is 1. The van der Waals surface area contributed by atoms with Crippen molar-refractivity contribution in [1.82, 2.24) is 9.62 Å². The molecule has 31 heavy (non-hydrogen) atoms. The first-order chi connectivity index (χ1) is 14.8. The van der Waals surface area contributed by atoms with Crippen molar-refractivity contribution in [3.8, 4) is 5.75 Å². The topological polar surface area (TPSA) is 75.7 Å². The zero-order valence-electron chi connectivity index (χ0n) is 17.5. The number of carbonyl (C=O) groups excluding carboxylic acids is 1. The third-order valence-electron chi connectivity index (χ3n) is 5.44. The van der Waals surface area contributed by atoms with Crippen LogP contribution < -0.4 is 9.46 Å². The molecule has 6 nitrogen and oxygen atoms in total. The van der Waals surface area contributed by atoms with Crippen LogP contribution in [0.3, 0.4) is 0 Å². The lowest BCUT2D eigenvalue weighted by molar-refractivity contribution is 0.173. The minimum atomic E-state index is -3.87. The van der Waals surface area contributed by atoms with Gasteiger partial charge in [0.25, 0.3) is 10.0 Å². The number of benzene rings is 2. The van der Waals surface area contributed by atoms with Gasteiger partial charge in [-0.2, -0.15) is 0 Å². The lowest BCUT2D eigenvalue weighted by atomic mass is 9.90. The van der Waals surface area contributed by atoms with Crippen molar-refractivity contribution in [3.63, 3.8) is 0 Å². The number of sulfonamides is 1. The Hall–Kier alpha value is -2.51. The summed E-state index contributed by atoms with van der Waals surface area (Å²) in [6.45, 7) is 1.10. The number of amides is 2. The van der Waals surface area contributed by atoms with E-state index in [2.05, 4.69) is 16.9 Å². The molecular weight excluding hydrogens is 436 g/mol. The molecule has 0 radical (unpaired) electrons. The molecule has 2 aromatic carbocycles. The SMILES string of the molecule is COc1ccc(CCC2CCN(C(=O)NS(=O)(=O)C=Cc3ccc(Cl)cc3)CC2)cc1. The van der Waals surface area contributed by atoms with E-state index >= 15 is 0 Å². The van der Waals surface area contributed by atoms with Crippen molar-refractivity contribution < 1.29 is 17.9 Å². The maximum Gasteiger partial charge on any atom is 0.331 e. The van der Waals surface area contributed by atoms with Crippen LogP contribution in [-0.4, -0.2) is 39.5 Å². The average Bonchev–Trinajstić information content (AvgIpc) is 2.78. The molecule has 1 fully saturated rings. The van der Waals surface area contributed by atoms with E-state index in [1.54, 1.807) is 36.3 Å². The number of hydrogen-bond acceptors (Lipinski definition) is 4. The minimum Gasteiger partial charge on any atom is -0.497 e. The Labute approximate surface area is 188 Å². The van der Waals surface area contributed by atoms with Crippen molar-refractivity contribution in [2.45, 2.75) is 25.7 Å². The van der Waals surface area contributed by atoms with Gasteiger partial charge in [-0.25, -0.2) is 17.9 Å². The Kier molecular flexibility index (Phi) is 7.98. The van der Waals surface area contributed by atoms with Gasteiger partial charge in [-0.15, -0.1) is 0 Å². The predicted octanol–water partition coefficient (Wildman–Crippen LogP) is 4.70. The molecular formula is C23H27ClN2O4S. The molecule has 8 heteroatoms. The molecule has 0 aliphatic carbocycles. The van der Waals surface area contributed by atoms with Crippen molar-refractivity contribution in [1.29, 1.82) is 0 Å². The maximum atomic E-state index is 12.4. The molecule has 1 aliphatic rings. The fourth-order valence-electron chi connectivity index (χ4n) is 3.55. The van der Waals surface area contributed by atoms with E-state index in [0.29, 0.717) is 29.6 Å². The van der Waals surface area contributed by atoms with Crippen molar-refractivity contribution in [2.75, 3.05) is 20.2 Å². The monoisotopic (exact) mass is 462 g/mol. The number of rotatable bonds is 7. The van der Waals surface area contributed by atoms with Crippen LogP contribution in [0, 0.1) is 5.92 Å². The second-order valence-electron chi connectivity index (χ2n) is 7.62. The van der Waals surface area contributed by atoms with Crippen LogP contribution in [0.2, 0.25) is 5.02 Å². The first-order valence-corrected chi connectivity index (χ1v) is 12.2. The second-order valence-corrected chi connectivity index (χ2v) is 9.63. The van der Waals surface area contributed by atoms with Gasteiger partial charge in [0.15, 0.2) is 0 Å². The molecule has 0 aromatic heterocycles. The van der Waals surface area contributed by atoms with E-state index in [4.69, 9.17) is 16.3 Å². The molecule has 0 atom stereocenters. The fraction of sp³-hybridized carbons (Fsp3) is 0.348. The van der Waals surface area contributed by atoms with E-state index in [0.717, 1.165) is 36.8 Å². The molecule has 2 aromatic rings. The number of aryl methyl sites for hydroxylation is 1. The van der Waals surface area contributed by atoms with E-state index in [1.807, 2.05) is 12.1 Å². The summed E-state index contributed by atoms with van der Waals surface area (Å²) in [6, 6.07) is 14.2. The molecule has 2 amide bonds. The highest BCUT2D eigenvalue weighted by atomic mass is 35.5. The molecule has 0 spiro atoms. The highest BCUT2D eigenvalue weighted by Crippen LogP contribution is 2.23. The molecule has 0 saturated carbocycles. The van der Waals surface area contributed by atoms with Crippen LogP contribution in [0.25, 0.3) is 6.08 Å². The number of nitrogens with one attached hydrogen (secondary N) is 1. The lowest BCUT2D eigenvalue weighted by Crippen LogP contribution is -2.46. The number of methoxy groups -OCH3 is 1. The van der Waals surface area contributed by atoms with Gasteiger partial charge in [0.05, 0.1) is 12.5 Å². The van der Waals surface area contributed by atoms with Crippen LogP contribution in [0.4, 0.5) is 4.79 Å². The number of ether oxygens (including phenoxy) is 1. The Balaban J connectivity index is 1.44. The highest BCUT2D eigenvalue weighted by Gasteiger charge is 2.24. The molecule has 166 valence electrons. The van der Waals surface area contributed by atoms with Gasteiger partial charge in [0, 0.05) is 18.1 Å². The smallest absolute Gasteiger partial charge is 0.331 e. The molecule has 0 bridgehead atoms. The largest absolute Gasteiger partial charge is 0.497 e. The van der Waals surface area contributed by atoms with Gasteiger partial charge in [0.2, 0.25) is 0 Å². The first kappa shape index (κ1) is 23.2. The predicted molar refractivity (Wildman–Crippen MR) is 124 cm³/mol. The van der Waals surface area contributed by atoms with Crippen LogP contribution >= 0.6 is 11.6 Å². The lowest BCUT2D eigenvalue weighted by Gasteiger charge is -2.31. The van der Waals surface area contributed by atoms with Crippen LogP contribution in [0.5, 0.6) is 5.75 Å². The number of hydrogen-bond donors (Lipinski definition) is 1. The third kappa shape index (κ3) is 7.29. The van der Waals surface area contributed by atoms with Crippen LogP contribution in [0.1, 0.15) is 30.4 Å². The summed E-state index contributed by atoms with van der Waals surface area (Å²) in [7, 11) is -2.22. The van der Waals surface area contributed by atoms with Crippen molar-refractivity contribution >= 4 is 33.7 Å². The molecule has 0 unspecified atom stereocenters. The fourth-order valence-corrected chi connectivity index (χ4v) is 4.45. The van der Waals surface area contributed by atoms with Gasteiger partial charge in [-0.1, -0.05) is 35.9 Å². The van der Waals surface area contributed by atoms with Gasteiger partial charge in [0.1, 0.15) is 5.75 Å². The average molecular weight is 463 g/mol. The van der Waals surface area contributed by atoms with Gasteiger partial charge in [-0.3, -0.25) is 0 Å². The molecule has 1 N–H and O–H groups in total. The number of halogens is 1. The van der Waals surface area contributed by atoms with Crippen LogP contribution in [-0.2, 0) is 16.4 Å². The highest BCUT2D eigenvalue weighted by molar-refractivity contribution is 7.93. The Bertz CT molecular complexity index is 997. The standard InChI is InChI=1S/C23H27ClN2O4S/c1-30-22-10-6-18(7-11-22)2-3-20-12-15-26(16-13-20)23(27)25-31(28,29)17-14-19-4-8-21(24)9-5-19/h4-11,14,17,20H,2-3,12-13,15-16H2,1H3,(H,25,27). The maximum absolute atomic E-state index is 12.4. The van der Waals surface area contributed by atoms with Crippen molar-refractivity contribution in [2.24, 2.45) is 5.92 Å². The Morgan fingerprint density at radius 2 is 1.77 bits per heavy atom. The van der Waals surface area contributed by atoms with E-state index in [9.17, 15) is 13.2 Å². The van der Waals surface area contributed by atoms with Crippen molar-refractivity contribution in [3.05, 3.63) is 70.1 Å². The number of piperidine rings is 1. The minimum absolute atomic E-state index is 0.521. The zero-order chi connectivity index (χ0) is 22.3. The van der Waals surface area contributed by atoms with E-state index < -0.39 is 16.1 Å². The summed E-state index contributed by atoms with van der Waals surface area (Å²) in [5.74, 6) is 1.37. The molecule has 1 saturated heterocycles.